The second-order valence-electron chi connectivity index (χ2n) is 7.48. The van der Waals surface area contributed by atoms with E-state index in [0.717, 1.165) is 34.6 Å². The van der Waals surface area contributed by atoms with Gasteiger partial charge in [0.1, 0.15) is 5.76 Å². The Balaban J connectivity index is 1.63. The molecule has 1 aliphatic heterocycles. The summed E-state index contributed by atoms with van der Waals surface area (Å²) < 4.78 is 11.0. The van der Waals surface area contributed by atoms with Gasteiger partial charge in [0.15, 0.2) is 0 Å². The summed E-state index contributed by atoms with van der Waals surface area (Å²) in [6.07, 6.45) is 6.26. The van der Waals surface area contributed by atoms with Gasteiger partial charge < -0.3 is 14.3 Å². The second-order valence-corrected chi connectivity index (χ2v) is 7.48. The maximum atomic E-state index is 9.83. The lowest BCUT2D eigenvalue weighted by Gasteiger charge is -2.32. The van der Waals surface area contributed by atoms with Crippen LogP contribution in [0, 0.1) is 17.3 Å². The molecule has 0 saturated carbocycles. The zero-order valence-electron chi connectivity index (χ0n) is 16.7. The highest BCUT2D eigenvalue weighted by molar-refractivity contribution is 5.88. The van der Waals surface area contributed by atoms with E-state index >= 15 is 0 Å². The van der Waals surface area contributed by atoms with Crippen molar-refractivity contribution in [2.24, 2.45) is 10.4 Å². The minimum atomic E-state index is -0.551. The molecule has 28 heavy (non-hydrogen) atoms. The van der Waals surface area contributed by atoms with Crippen molar-refractivity contribution in [2.45, 2.75) is 39.7 Å². The van der Waals surface area contributed by atoms with E-state index in [4.69, 9.17) is 9.15 Å². The summed E-state index contributed by atoms with van der Waals surface area (Å²) in [7, 11) is 0. The van der Waals surface area contributed by atoms with Gasteiger partial charge in [-0.05, 0) is 57.4 Å². The van der Waals surface area contributed by atoms with Crippen LogP contribution < -0.4 is 0 Å². The van der Waals surface area contributed by atoms with Crippen LogP contribution in [0.5, 0.6) is 0 Å². The van der Waals surface area contributed by atoms with E-state index in [0.29, 0.717) is 19.6 Å². The van der Waals surface area contributed by atoms with E-state index in [1.807, 2.05) is 43.3 Å². The average Bonchev–Trinajstić information content (AvgIpc) is 3.14. The van der Waals surface area contributed by atoms with Crippen LogP contribution in [0.25, 0.3) is 11.3 Å². The number of rotatable bonds is 6. The maximum absolute atomic E-state index is 9.83. The van der Waals surface area contributed by atoms with E-state index < -0.39 is 6.10 Å². The van der Waals surface area contributed by atoms with Crippen molar-refractivity contribution < 1.29 is 14.3 Å². The maximum Gasteiger partial charge on any atom is 0.134 e. The molecule has 0 spiro atoms. The van der Waals surface area contributed by atoms with E-state index in [-0.39, 0.29) is 5.41 Å². The van der Waals surface area contributed by atoms with Crippen LogP contribution in [0.4, 0.5) is 0 Å². The van der Waals surface area contributed by atoms with Crippen molar-refractivity contribution in [2.75, 3.05) is 13.2 Å². The van der Waals surface area contributed by atoms with Gasteiger partial charge in [0.05, 0.1) is 31.0 Å². The Kier molecular flexibility index (Phi) is 6.51. The molecule has 1 N–H and O–H groups in total. The molecule has 1 aromatic carbocycles. The molecule has 2 aromatic rings. The Morgan fingerprint density at radius 1 is 1.32 bits per heavy atom. The van der Waals surface area contributed by atoms with Gasteiger partial charge in [-0.1, -0.05) is 30.0 Å². The molecule has 3 rings (SSSR count). The molecule has 1 saturated heterocycles. The number of nitrogens with zero attached hydrogens (tertiary/aromatic N) is 1. The number of ether oxygens (including phenoxy) is 1. The van der Waals surface area contributed by atoms with Crippen molar-refractivity contribution in [3.05, 3.63) is 60.0 Å². The number of aliphatic imine (C=N–C) groups is 1. The van der Waals surface area contributed by atoms with Gasteiger partial charge in [-0.15, -0.1) is 0 Å². The van der Waals surface area contributed by atoms with Gasteiger partial charge in [0.25, 0.3) is 0 Å². The number of allylic oxidation sites excluding steroid dienone is 1. The third kappa shape index (κ3) is 5.22. The minimum absolute atomic E-state index is 0.00424. The highest BCUT2D eigenvalue weighted by Crippen LogP contribution is 2.26. The molecule has 1 aliphatic rings. The van der Waals surface area contributed by atoms with Crippen LogP contribution >= 0.6 is 0 Å². The molecule has 1 atom stereocenters. The predicted molar refractivity (Wildman–Crippen MR) is 112 cm³/mol. The van der Waals surface area contributed by atoms with Gasteiger partial charge in [-0.25, -0.2) is 0 Å². The first-order chi connectivity index (χ1) is 13.5. The quantitative estimate of drug-likeness (QED) is 0.590. The molecule has 0 bridgehead atoms. The lowest BCUT2D eigenvalue weighted by Crippen LogP contribution is -2.38. The van der Waals surface area contributed by atoms with Crippen molar-refractivity contribution >= 4 is 5.71 Å². The monoisotopic (exact) mass is 377 g/mol. The van der Waals surface area contributed by atoms with Gasteiger partial charge in [0, 0.05) is 23.0 Å². The minimum Gasteiger partial charge on any atom is -0.464 e. The molecular formula is C24H27NO3. The van der Waals surface area contributed by atoms with Crippen LogP contribution in [0.3, 0.4) is 0 Å². The molecule has 0 radical (unpaired) electrons. The standard InChI is InChI=1S/C24H27NO3/c1-4-13-25-22(18(2)26)10-7-20-14-23(28-15-20)21-8-5-19(6-9-21)11-12-24(3)16-27-17-24/h4-6,8-9,13-15,18,26H,7,10,16-17H2,1-3H3/b13-4-,25-22?/t18-/m0/s1. The fourth-order valence-electron chi connectivity index (χ4n) is 2.90. The van der Waals surface area contributed by atoms with Gasteiger partial charge >= 0.3 is 0 Å². The molecule has 1 fully saturated rings. The summed E-state index contributed by atoms with van der Waals surface area (Å²) in [4.78, 5) is 4.31. The normalized spacial score (nSPS) is 17.1. The molecule has 0 aliphatic carbocycles. The van der Waals surface area contributed by atoms with Crippen LogP contribution in [-0.2, 0) is 11.2 Å². The summed E-state index contributed by atoms with van der Waals surface area (Å²) in [6, 6.07) is 10.1. The first-order valence-corrected chi connectivity index (χ1v) is 9.64. The number of aryl methyl sites for hydroxylation is 1. The third-order valence-corrected chi connectivity index (χ3v) is 4.71. The van der Waals surface area contributed by atoms with Crippen molar-refractivity contribution in [1.29, 1.82) is 0 Å². The molecule has 0 amide bonds. The number of benzene rings is 1. The molecule has 4 heteroatoms. The lowest BCUT2D eigenvalue weighted by atomic mass is 9.89. The molecule has 1 aromatic heterocycles. The first-order valence-electron chi connectivity index (χ1n) is 9.64. The summed E-state index contributed by atoms with van der Waals surface area (Å²) in [5.74, 6) is 7.35. The topological polar surface area (TPSA) is 55.0 Å². The Bertz CT molecular complexity index is 903. The summed E-state index contributed by atoms with van der Waals surface area (Å²) in [6.45, 7) is 7.19. The summed E-state index contributed by atoms with van der Waals surface area (Å²) in [5, 5.41) is 9.83. The Hall–Kier alpha value is -2.61. The molecule has 0 unspecified atom stereocenters. The zero-order valence-corrected chi connectivity index (χ0v) is 16.7. The number of hydrogen-bond acceptors (Lipinski definition) is 4. The van der Waals surface area contributed by atoms with Gasteiger partial charge in [-0.3, -0.25) is 4.99 Å². The van der Waals surface area contributed by atoms with Crippen LogP contribution in [0.2, 0.25) is 0 Å². The smallest absolute Gasteiger partial charge is 0.134 e. The number of furan rings is 1. The fraction of sp³-hybridized carbons (Fsp3) is 0.375. The second kappa shape index (κ2) is 9.05. The van der Waals surface area contributed by atoms with Crippen molar-refractivity contribution in [3.8, 4) is 23.2 Å². The first kappa shape index (κ1) is 20.1. The lowest BCUT2D eigenvalue weighted by molar-refractivity contribution is -0.0648. The number of hydrogen-bond donors (Lipinski definition) is 1. The highest BCUT2D eigenvalue weighted by atomic mass is 16.5. The van der Waals surface area contributed by atoms with E-state index in [2.05, 4.69) is 23.8 Å². The SMILES string of the molecule is C/C=C\N=C(CCc1coc(-c2ccc(C#CC3(C)COC3)cc2)c1)[C@H](C)O. The molecule has 146 valence electrons. The van der Waals surface area contributed by atoms with Crippen LogP contribution in [0.1, 0.15) is 38.3 Å². The molecular weight excluding hydrogens is 350 g/mol. The van der Waals surface area contributed by atoms with Gasteiger partial charge in [0.2, 0.25) is 0 Å². The number of aliphatic hydroxyl groups is 1. The zero-order chi connectivity index (χ0) is 20.0. The summed E-state index contributed by atoms with van der Waals surface area (Å²) >= 11 is 0. The largest absolute Gasteiger partial charge is 0.464 e. The molecule has 4 nitrogen and oxygen atoms in total. The average molecular weight is 377 g/mol. The van der Waals surface area contributed by atoms with Crippen LogP contribution in [0.15, 0.2) is 58.3 Å². The van der Waals surface area contributed by atoms with E-state index in [1.54, 1.807) is 19.4 Å². The van der Waals surface area contributed by atoms with Crippen LogP contribution in [-0.4, -0.2) is 30.1 Å². The predicted octanol–water partition coefficient (Wildman–Crippen LogP) is 4.62. The molecule has 2 heterocycles. The Morgan fingerprint density at radius 3 is 2.68 bits per heavy atom. The van der Waals surface area contributed by atoms with Crippen molar-refractivity contribution in [1.82, 2.24) is 0 Å². The fourth-order valence-corrected chi connectivity index (χ4v) is 2.90. The Morgan fingerprint density at radius 2 is 2.07 bits per heavy atom. The highest BCUT2D eigenvalue weighted by Gasteiger charge is 2.30. The van der Waals surface area contributed by atoms with Gasteiger partial charge in [-0.2, -0.15) is 0 Å². The summed E-state index contributed by atoms with van der Waals surface area (Å²) in [5.41, 5.74) is 3.87. The van der Waals surface area contributed by atoms with E-state index in [1.165, 1.54) is 0 Å². The van der Waals surface area contributed by atoms with E-state index in [9.17, 15) is 5.11 Å². The third-order valence-electron chi connectivity index (χ3n) is 4.71. The Labute approximate surface area is 166 Å². The van der Waals surface area contributed by atoms with Crippen molar-refractivity contribution in [3.63, 3.8) is 0 Å². The number of aliphatic hydroxyl groups excluding tert-OH is 1.